The summed E-state index contributed by atoms with van der Waals surface area (Å²) < 4.78 is 0. The quantitative estimate of drug-likeness (QED) is 0.642. The van der Waals surface area contributed by atoms with Crippen molar-refractivity contribution >= 4 is 28.4 Å². The maximum absolute atomic E-state index is 13.1. The first kappa shape index (κ1) is 17.8. The predicted octanol–water partition coefficient (Wildman–Crippen LogP) is 2.68. The number of hydrogen-bond donors (Lipinski definition) is 3. The lowest BCUT2D eigenvalue weighted by atomic mass is 9.92. The molecule has 2 aliphatic rings. The van der Waals surface area contributed by atoms with E-state index in [9.17, 15) is 14.7 Å². The third kappa shape index (κ3) is 2.79. The zero-order valence-corrected chi connectivity index (χ0v) is 15.9. The number of amides is 2. The molecule has 1 aliphatic heterocycles. The van der Waals surface area contributed by atoms with Gasteiger partial charge in [-0.15, -0.1) is 0 Å². The lowest BCUT2D eigenvalue weighted by Gasteiger charge is -2.21. The number of carbonyl (C=O) groups excluding carboxylic acids is 2. The first-order valence-corrected chi connectivity index (χ1v) is 9.90. The van der Waals surface area contributed by atoms with Crippen molar-refractivity contribution in [3.63, 3.8) is 0 Å². The molecule has 146 valence electrons. The van der Waals surface area contributed by atoms with Gasteiger partial charge in [0.25, 0.3) is 11.8 Å². The fourth-order valence-corrected chi connectivity index (χ4v) is 4.46. The SMILES string of the molecule is O=C(NCCC1(O)C(=O)Nc2ccccc21)c1c2c(nc3ccccc13)CCC2. The van der Waals surface area contributed by atoms with Gasteiger partial charge in [0.15, 0.2) is 5.60 Å². The van der Waals surface area contributed by atoms with Gasteiger partial charge in [-0.05, 0) is 37.0 Å². The molecule has 2 aromatic carbocycles. The van der Waals surface area contributed by atoms with E-state index in [0.717, 1.165) is 41.4 Å². The molecule has 0 saturated heterocycles. The number of hydrogen-bond acceptors (Lipinski definition) is 4. The molecular weight excluding hydrogens is 366 g/mol. The lowest BCUT2D eigenvalue weighted by molar-refractivity contribution is -0.134. The van der Waals surface area contributed by atoms with Crippen LogP contribution >= 0.6 is 0 Å². The van der Waals surface area contributed by atoms with Crippen molar-refractivity contribution < 1.29 is 14.7 Å². The Labute approximate surface area is 168 Å². The first-order chi connectivity index (χ1) is 14.1. The van der Waals surface area contributed by atoms with Crippen molar-refractivity contribution in [1.29, 1.82) is 0 Å². The Kier molecular flexibility index (Phi) is 4.10. The highest BCUT2D eigenvalue weighted by Gasteiger charge is 2.44. The maximum atomic E-state index is 13.1. The third-order valence-electron chi connectivity index (χ3n) is 5.92. The van der Waals surface area contributed by atoms with Crippen LogP contribution in [0.15, 0.2) is 48.5 Å². The number of fused-ring (bicyclic) bond motifs is 3. The Balaban J connectivity index is 1.40. The van der Waals surface area contributed by atoms with Gasteiger partial charge in [0.05, 0.1) is 11.1 Å². The van der Waals surface area contributed by atoms with Crippen molar-refractivity contribution in [3.05, 3.63) is 70.9 Å². The minimum absolute atomic E-state index is 0.104. The van der Waals surface area contributed by atoms with E-state index in [1.807, 2.05) is 30.3 Å². The molecule has 1 unspecified atom stereocenters. The highest BCUT2D eigenvalue weighted by molar-refractivity contribution is 6.08. The number of para-hydroxylation sites is 2. The van der Waals surface area contributed by atoms with Crippen molar-refractivity contribution in [2.75, 3.05) is 11.9 Å². The smallest absolute Gasteiger partial charge is 0.261 e. The Morgan fingerprint density at radius 3 is 2.83 bits per heavy atom. The number of rotatable bonds is 4. The molecule has 6 heteroatoms. The second kappa shape index (κ2) is 6.67. The topological polar surface area (TPSA) is 91.3 Å². The molecular formula is C23H21N3O3. The normalized spacial score (nSPS) is 19.7. The number of nitrogens with zero attached hydrogens (tertiary/aromatic N) is 1. The van der Waals surface area contributed by atoms with Gasteiger partial charge in [0.2, 0.25) is 0 Å². The first-order valence-electron chi connectivity index (χ1n) is 9.90. The van der Waals surface area contributed by atoms with Gasteiger partial charge in [-0.1, -0.05) is 36.4 Å². The number of aromatic nitrogens is 1. The van der Waals surface area contributed by atoms with Crippen LogP contribution in [0.2, 0.25) is 0 Å². The Bertz CT molecular complexity index is 1160. The molecule has 0 spiro atoms. The van der Waals surface area contributed by atoms with E-state index >= 15 is 0 Å². The van der Waals surface area contributed by atoms with Crippen LogP contribution in [0.1, 0.15) is 40.0 Å². The summed E-state index contributed by atoms with van der Waals surface area (Å²) in [5.41, 5.74) is 3.04. The second-order valence-corrected chi connectivity index (χ2v) is 7.65. The summed E-state index contributed by atoms with van der Waals surface area (Å²) in [4.78, 5) is 30.2. The average Bonchev–Trinajstić information content (AvgIpc) is 3.28. The Morgan fingerprint density at radius 1 is 1.14 bits per heavy atom. The van der Waals surface area contributed by atoms with Crippen LogP contribution in [0, 0.1) is 0 Å². The molecule has 3 aromatic rings. The van der Waals surface area contributed by atoms with E-state index in [-0.39, 0.29) is 18.9 Å². The highest BCUT2D eigenvalue weighted by atomic mass is 16.3. The summed E-state index contributed by atoms with van der Waals surface area (Å²) >= 11 is 0. The Hall–Kier alpha value is -3.25. The van der Waals surface area contributed by atoms with Gasteiger partial charge in [0, 0.05) is 35.3 Å². The monoisotopic (exact) mass is 387 g/mol. The molecule has 2 amide bonds. The molecule has 5 rings (SSSR count). The number of nitrogens with one attached hydrogen (secondary N) is 2. The molecule has 0 fully saturated rings. The number of anilines is 1. The van der Waals surface area contributed by atoms with Crippen molar-refractivity contribution in [2.24, 2.45) is 0 Å². The van der Waals surface area contributed by atoms with Gasteiger partial charge in [-0.2, -0.15) is 0 Å². The van der Waals surface area contributed by atoms with E-state index in [1.54, 1.807) is 18.2 Å². The molecule has 2 heterocycles. The molecule has 0 saturated carbocycles. The van der Waals surface area contributed by atoms with Crippen LogP contribution in [0.4, 0.5) is 5.69 Å². The van der Waals surface area contributed by atoms with E-state index in [1.165, 1.54) is 0 Å². The van der Waals surface area contributed by atoms with Crippen molar-refractivity contribution in [3.8, 4) is 0 Å². The van der Waals surface area contributed by atoms with Gasteiger partial charge >= 0.3 is 0 Å². The summed E-state index contributed by atoms with van der Waals surface area (Å²) in [5, 5.41) is 17.4. The summed E-state index contributed by atoms with van der Waals surface area (Å²) in [6.45, 7) is 0.183. The van der Waals surface area contributed by atoms with Gasteiger partial charge in [-0.25, -0.2) is 0 Å². The summed E-state index contributed by atoms with van der Waals surface area (Å²) in [5.74, 6) is -0.639. The van der Waals surface area contributed by atoms with Crippen molar-refractivity contribution in [1.82, 2.24) is 10.3 Å². The molecule has 1 aliphatic carbocycles. The average molecular weight is 387 g/mol. The van der Waals surface area contributed by atoms with Crippen LogP contribution in [-0.2, 0) is 23.2 Å². The molecule has 1 atom stereocenters. The fraction of sp³-hybridized carbons (Fsp3) is 0.261. The van der Waals surface area contributed by atoms with E-state index < -0.39 is 11.5 Å². The summed E-state index contributed by atoms with van der Waals surface area (Å²) in [6, 6.07) is 14.8. The van der Waals surface area contributed by atoms with Crippen molar-refractivity contribution in [2.45, 2.75) is 31.3 Å². The second-order valence-electron chi connectivity index (χ2n) is 7.65. The lowest BCUT2D eigenvalue weighted by Crippen LogP contribution is -2.38. The van der Waals surface area contributed by atoms with Gasteiger partial charge in [-0.3, -0.25) is 14.6 Å². The number of aryl methyl sites for hydroxylation is 1. The highest BCUT2D eigenvalue weighted by Crippen LogP contribution is 2.38. The number of carbonyl (C=O) groups is 2. The predicted molar refractivity (Wildman–Crippen MR) is 110 cm³/mol. The largest absolute Gasteiger partial charge is 0.375 e. The third-order valence-corrected chi connectivity index (χ3v) is 5.92. The summed E-state index contributed by atoms with van der Waals surface area (Å²) in [6.07, 6.45) is 2.83. The van der Waals surface area contributed by atoms with Crippen LogP contribution in [0.5, 0.6) is 0 Å². The fourth-order valence-electron chi connectivity index (χ4n) is 4.46. The molecule has 3 N–H and O–H groups in total. The maximum Gasteiger partial charge on any atom is 0.261 e. The van der Waals surface area contributed by atoms with Gasteiger partial charge < -0.3 is 15.7 Å². The molecule has 29 heavy (non-hydrogen) atoms. The minimum Gasteiger partial charge on any atom is -0.375 e. The van der Waals surface area contributed by atoms with E-state index in [2.05, 4.69) is 10.6 Å². The molecule has 6 nitrogen and oxygen atoms in total. The number of benzene rings is 2. The van der Waals surface area contributed by atoms with Crippen LogP contribution in [0.25, 0.3) is 10.9 Å². The Morgan fingerprint density at radius 2 is 1.93 bits per heavy atom. The van der Waals surface area contributed by atoms with Crippen LogP contribution in [0.3, 0.4) is 0 Å². The standard InChI is InChI=1S/C23H21N3O3/c27-21(20-14-6-1-3-9-17(14)25-18-11-5-7-15(18)20)24-13-12-23(29)16-8-2-4-10-19(16)26-22(23)28/h1-4,6,8-10,29H,5,7,11-13H2,(H,24,27)(H,26,28). The van der Waals surface area contributed by atoms with E-state index in [0.29, 0.717) is 16.8 Å². The van der Waals surface area contributed by atoms with Crippen LogP contribution < -0.4 is 10.6 Å². The number of aliphatic hydroxyl groups is 1. The zero-order valence-electron chi connectivity index (χ0n) is 15.9. The summed E-state index contributed by atoms with van der Waals surface area (Å²) in [7, 11) is 0. The molecule has 0 radical (unpaired) electrons. The van der Waals surface area contributed by atoms with Gasteiger partial charge in [0.1, 0.15) is 0 Å². The number of pyridine rings is 1. The van der Waals surface area contributed by atoms with Crippen LogP contribution in [-0.4, -0.2) is 28.4 Å². The minimum atomic E-state index is -1.63. The molecule has 0 bridgehead atoms. The zero-order chi connectivity index (χ0) is 20.0. The molecule has 1 aromatic heterocycles. The van der Waals surface area contributed by atoms with E-state index in [4.69, 9.17) is 4.98 Å².